The van der Waals surface area contributed by atoms with Gasteiger partial charge in [-0.2, -0.15) is 5.26 Å². The van der Waals surface area contributed by atoms with E-state index in [9.17, 15) is 9.90 Å². The number of carbonyl (C=O) groups is 1. The van der Waals surface area contributed by atoms with Crippen LogP contribution in [0.4, 0.5) is 0 Å². The van der Waals surface area contributed by atoms with Crippen LogP contribution in [0.25, 0.3) is 6.08 Å². The van der Waals surface area contributed by atoms with Crippen LogP contribution in [0.2, 0.25) is 0 Å². The summed E-state index contributed by atoms with van der Waals surface area (Å²) in [5.74, 6) is -0.113. The third-order valence-electron chi connectivity index (χ3n) is 2.60. The number of phenolic OH excluding ortho intramolecular Hbond substituents is 1. The number of aromatic hydroxyl groups is 1. The maximum Gasteiger partial charge on any atom is 0.185 e. The van der Waals surface area contributed by atoms with Gasteiger partial charge in [-0.15, -0.1) is 0 Å². The summed E-state index contributed by atoms with van der Waals surface area (Å²) in [6.45, 7) is 0. The van der Waals surface area contributed by atoms with Crippen LogP contribution in [-0.2, 0) is 0 Å². The number of allylic oxidation sites excluding steroid dienone is 1. The molecule has 0 saturated carbocycles. The van der Waals surface area contributed by atoms with Gasteiger partial charge in [-0.25, -0.2) is 0 Å². The Morgan fingerprint density at radius 1 is 1.16 bits per heavy atom. The quantitative estimate of drug-likeness (QED) is 0.671. The summed E-state index contributed by atoms with van der Waals surface area (Å²) in [5.41, 5.74) is 1.86. The van der Waals surface area contributed by atoms with Crippen LogP contribution < -0.4 is 0 Å². The van der Waals surface area contributed by atoms with Crippen molar-refractivity contribution in [2.24, 2.45) is 0 Å². The van der Waals surface area contributed by atoms with Crippen LogP contribution >= 0.6 is 0 Å². The second kappa shape index (κ2) is 5.65. The summed E-state index contributed by atoms with van der Waals surface area (Å²) in [6, 6.07) is 15.2. The van der Waals surface area contributed by atoms with E-state index in [1.807, 2.05) is 6.07 Å². The summed E-state index contributed by atoms with van der Waals surface area (Å²) in [7, 11) is 0. The second-order valence-electron chi connectivity index (χ2n) is 3.98. The minimum atomic E-state index is -0.180. The molecule has 0 fully saturated rings. The van der Waals surface area contributed by atoms with Gasteiger partial charge in [-0.05, 0) is 35.9 Å². The molecule has 1 N–H and O–H groups in total. The van der Waals surface area contributed by atoms with Crippen molar-refractivity contribution in [2.75, 3.05) is 0 Å². The van der Waals surface area contributed by atoms with Crippen molar-refractivity contribution in [3.63, 3.8) is 0 Å². The summed E-state index contributed by atoms with van der Waals surface area (Å²) in [4.78, 5) is 11.8. The van der Waals surface area contributed by atoms with Gasteiger partial charge in [0.1, 0.15) is 5.75 Å². The number of rotatable bonds is 3. The van der Waals surface area contributed by atoms with Crippen molar-refractivity contribution in [3.8, 4) is 11.8 Å². The highest BCUT2D eigenvalue weighted by Crippen LogP contribution is 2.12. The number of benzene rings is 2. The van der Waals surface area contributed by atoms with Gasteiger partial charge in [0.05, 0.1) is 11.6 Å². The van der Waals surface area contributed by atoms with Gasteiger partial charge in [-0.3, -0.25) is 4.79 Å². The SMILES string of the molecule is N#Cc1ccc(C=CC(=O)c2cccc(O)c2)cc1. The van der Waals surface area contributed by atoms with Gasteiger partial charge >= 0.3 is 0 Å². The van der Waals surface area contributed by atoms with E-state index in [0.29, 0.717) is 11.1 Å². The molecule has 0 saturated heterocycles. The molecular formula is C16H11NO2. The largest absolute Gasteiger partial charge is 0.508 e. The van der Waals surface area contributed by atoms with Crippen LogP contribution in [0.1, 0.15) is 21.5 Å². The molecular weight excluding hydrogens is 238 g/mol. The first-order valence-electron chi connectivity index (χ1n) is 5.70. The van der Waals surface area contributed by atoms with Gasteiger partial charge in [0.15, 0.2) is 5.78 Å². The number of ketones is 1. The lowest BCUT2D eigenvalue weighted by atomic mass is 10.1. The second-order valence-corrected chi connectivity index (χ2v) is 3.98. The van der Waals surface area contributed by atoms with Crippen molar-refractivity contribution in [2.45, 2.75) is 0 Å². The summed E-state index contributed by atoms with van der Waals surface area (Å²) in [5, 5.41) is 18.0. The molecule has 0 unspecified atom stereocenters. The molecule has 0 bridgehead atoms. The van der Waals surface area contributed by atoms with E-state index in [1.54, 1.807) is 42.5 Å². The molecule has 0 radical (unpaired) electrons. The van der Waals surface area contributed by atoms with E-state index >= 15 is 0 Å². The Morgan fingerprint density at radius 3 is 2.53 bits per heavy atom. The lowest BCUT2D eigenvalue weighted by Gasteiger charge is -1.97. The minimum absolute atomic E-state index is 0.0672. The monoisotopic (exact) mass is 249 g/mol. The predicted molar refractivity (Wildman–Crippen MR) is 72.6 cm³/mol. The summed E-state index contributed by atoms with van der Waals surface area (Å²) < 4.78 is 0. The zero-order valence-electron chi connectivity index (χ0n) is 10.1. The van der Waals surface area contributed by atoms with E-state index in [2.05, 4.69) is 0 Å². The summed E-state index contributed by atoms with van der Waals surface area (Å²) in [6.07, 6.45) is 3.11. The van der Waals surface area contributed by atoms with Crippen molar-refractivity contribution in [1.82, 2.24) is 0 Å². The smallest absolute Gasteiger partial charge is 0.185 e. The van der Waals surface area contributed by atoms with Gasteiger partial charge in [0.25, 0.3) is 0 Å². The molecule has 0 aliphatic carbocycles. The molecule has 2 aromatic rings. The highest BCUT2D eigenvalue weighted by molar-refractivity contribution is 6.07. The van der Waals surface area contributed by atoms with Gasteiger partial charge in [-0.1, -0.05) is 30.3 Å². The van der Waals surface area contributed by atoms with E-state index in [1.165, 1.54) is 18.2 Å². The third-order valence-corrected chi connectivity index (χ3v) is 2.60. The molecule has 0 heterocycles. The molecule has 2 aromatic carbocycles. The molecule has 92 valence electrons. The Bertz CT molecular complexity index is 664. The molecule has 0 aliphatic rings. The lowest BCUT2D eigenvalue weighted by Crippen LogP contribution is -1.93. The Hall–Kier alpha value is -2.86. The Morgan fingerprint density at radius 2 is 1.89 bits per heavy atom. The van der Waals surface area contributed by atoms with E-state index in [4.69, 9.17) is 5.26 Å². The predicted octanol–water partition coefficient (Wildman–Crippen LogP) is 3.16. The van der Waals surface area contributed by atoms with E-state index in [-0.39, 0.29) is 11.5 Å². The first kappa shape index (κ1) is 12.6. The molecule has 0 aromatic heterocycles. The number of nitrogens with zero attached hydrogens (tertiary/aromatic N) is 1. The average molecular weight is 249 g/mol. The number of phenols is 1. The van der Waals surface area contributed by atoms with Crippen LogP contribution in [0.5, 0.6) is 5.75 Å². The van der Waals surface area contributed by atoms with Crippen molar-refractivity contribution in [3.05, 3.63) is 71.3 Å². The zero-order chi connectivity index (χ0) is 13.7. The maximum absolute atomic E-state index is 11.8. The lowest BCUT2D eigenvalue weighted by molar-refractivity contribution is 0.104. The standard InChI is InChI=1S/C16H11NO2/c17-11-13-6-4-12(5-7-13)8-9-16(19)14-2-1-3-15(18)10-14/h1-10,18H. The summed E-state index contributed by atoms with van der Waals surface area (Å²) >= 11 is 0. The van der Waals surface area contributed by atoms with Crippen LogP contribution in [-0.4, -0.2) is 10.9 Å². The number of hydrogen-bond donors (Lipinski definition) is 1. The first-order valence-corrected chi connectivity index (χ1v) is 5.70. The molecule has 0 aliphatic heterocycles. The Labute approximate surface area is 111 Å². The van der Waals surface area contributed by atoms with Gasteiger partial charge in [0.2, 0.25) is 0 Å². The van der Waals surface area contributed by atoms with Gasteiger partial charge < -0.3 is 5.11 Å². The van der Waals surface area contributed by atoms with Crippen molar-refractivity contribution in [1.29, 1.82) is 5.26 Å². The Kier molecular flexibility index (Phi) is 3.75. The van der Waals surface area contributed by atoms with Crippen LogP contribution in [0.3, 0.4) is 0 Å². The maximum atomic E-state index is 11.8. The number of nitriles is 1. The molecule has 0 spiro atoms. The minimum Gasteiger partial charge on any atom is -0.508 e. The number of carbonyl (C=O) groups excluding carboxylic acids is 1. The normalized spacial score (nSPS) is 10.3. The highest BCUT2D eigenvalue weighted by atomic mass is 16.3. The number of hydrogen-bond acceptors (Lipinski definition) is 3. The topological polar surface area (TPSA) is 61.1 Å². The average Bonchev–Trinajstić information content (AvgIpc) is 2.45. The van der Waals surface area contributed by atoms with Gasteiger partial charge in [0, 0.05) is 5.56 Å². The van der Waals surface area contributed by atoms with E-state index in [0.717, 1.165) is 5.56 Å². The molecule has 3 nitrogen and oxygen atoms in total. The van der Waals surface area contributed by atoms with Crippen LogP contribution in [0, 0.1) is 11.3 Å². The fourth-order valence-electron chi connectivity index (χ4n) is 1.60. The highest BCUT2D eigenvalue weighted by Gasteiger charge is 2.01. The molecule has 0 atom stereocenters. The van der Waals surface area contributed by atoms with Crippen LogP contribution in [0.15, 0.2) is 54.6 Å². The molecule has 2 rings (SSSR count). The Balaban J connectivity index is 2.14. The van der Waals surface area contributed by atoms with Crippen molar-refractivity contribution >= 4 is 11.9 Å². The van der Waals surface area contributed by atoms with E-state index < -0.39 is 0 Å². The molecule has 0 amide bonds. The molecule has 19 heavy (non-hydrogen) atoms. The zero-order valence-corrected chi connectivity index (χ0v) is 10.1. The van der Waals surface area contributed by atoms with Crippen molar-refractivity contribution < 1.29 is 9.90 Å². The third kappa shape index (κ3) is 3.30. The first-order chi connectivity index (χ1) is 9.19. The molecule has 3 heteroatoms. The fourth-order valence-corrected chi connectivity index (χ4v) is 1.60. The fraction of sp³-hybridized carbons (Fsp3) is 0.